The van der Waals surface area contributed by atoms with Crippen molar-refractivity contribution >= 4 is 11.6 Å². The third-order valence-corrected chi connectivity index (χ3v) is 2.36. The van der Waals surface area contributed by atoms with Crippen molar-refractivity contribution in [2.75, 3.05) is 7.11 Å². The minimum Gasteiger partial charge on any atom is -0.492 e. The number of rotatable bonds is 1. The van der Waals surface area contributed by atoms with Crippen molar-refractivity contribution in [1.82, 2.24) is 0 Å². The number of hydrogen-bond donors (Lipinski definition) is 0. The topological polar surface area (TPSA) is 67.2 Å². The third kappa shape index (κ3) is 1.39. The van der Waals surface area contributed by atoms with Crippen LogP contribution in [0.4, 0.5) is 0 Å². The lowest BCUT2D eigenvalue weighted by molar-refractivity contribution is 0.0916. The standard InChI is InChI=1S/C12H7NO3/c1-16-11-5-10(14)9-4-7(6-13)2-3-8(9)12(11)15/h2-5H,1H3. The maximum atomic E-state index is 11.8. The molecule has 0 radical (unpaired) electrons. The Morgan fingerprint density at radius 2 is 2.00 bits per heavy atom. The van der Waals surface area contributed by atoms with Gasteiger partial charge in [-0.3, -0.25) is 9.59 Å². The first-order valence-corrected chi connectivity index (χ1v) is 4.56. The largest absolute Gasteiger partial charge is 0.492 e. The van der Waals surface area contributed by atoms with Gasteiger partial charge in [0.25, 0.3) is 0 Å². The molecule has 0 N–H and O–H groups in total. The minimum atomic E-state index is -0.332. The van der Waals surface area contributed by atoms with Crippen molar-refractivity contribution < 1.29 is 14.3 Å². The van der Waals surface area contributed by atoms with E-state index in [-0.39, 0.29) is 28.5 Å². The second-order valence-electron chi connectivity index (χ2n) is 3.28. The van der Waals surface area contributed by atoms with Gasteiger partial charge < -0.3 is 4.74 Å². The molecule has 4 heteroatoms. The number of carbonyl (C=O) groups is 2. The van der Waals surface area contributed by atoms with Crippen LogP contribution in [0.25, 0.3) is 0 Å². The Hall–Kier alpha value is -2.41. The van der Waals surface area contributed by atoms with E-state index in [1.54, 1.807) is 0 Å². The monoisotopic (exact) mass is 213 g/mol. The molecule has 78 valence electrons. The molecule has 16 heavy (non-hydrogen) atoms. The second kappa shape index (κ2) is 3.63. The van der Waals surface area contributed by atoms with Crippen LogP contribution >= 0.6 is 0 Å². The number of methoxy groups -OCH3 is 1. The molecule has 1 aromatic rings. The van der Waals surface area contributed by atoms with Crippen LogP contribution in [0.2, 0.25) is 0 Å². The summed E-state index contributed by atoms with van der Waals surface area (Å²) < 4.78 is 4.81. The van der Waals surface area contributed by atoms with E-state index in [9.17, 15) is 9.59 Å². The SMILES string of the molecule is COC1=CC(=O)c2cc(C#N)ccc2C1=O. The molecule has 0 aromatic heterocycles. The maximum Gasteiger partial charge on any atom is 0.228 e. The predicted molar refractivity (Wildman–Crippen MR) is 54.9 cm³/mol. The highest BCUT2D eigenvalue weighted by atomic mass is 16.5. The molecule has 0 saturated carbocycles. The number of benzene rings is 1. The molecule has 0 spiro atoms. The van der Waals surface area contributed by atoms with Gasteiger partial charge >= 0.3 is 0 Å². The first-order valence-electron chi connectivity index (χ1n) is 4.56. The zero-order valence-electron chi connectivity index (χ0n) is 8.48. The Morgan fingerprint density at radius 1 is 1.25 bits per heavy atom. The van der Waals surface area contributed by atoms with Crippen LogP contribution in [0.1, 0.15) is 26.3 Å². The van der Waals surface area contributed by atoms with Gasteiger partial charge in [0.1, 0.15) is 0 Å². The summed E-state index contributed by atoms with van der Waals surface area (Å²) in [5.74, 6) is -0.618. The molecule has 1 aliphatic rings. The lowest BCUT2D eigenvalue weighted by atomic mass is 9.92. The Bertz CT molecular complexity index is 564. The van der Waals surface area contributed by atoms with Gasteiger partial charge in [-0.05, 0) is 18.2 Å². The van der Waals surface area contributed by atoms with Gasteiger partial charge in [0.05, 0.1) is 18.7 Å². The Morgan fingerprint density at radius 3 is 2.62 bits per heavy atom. The van der Waals surface area contributed by atoms with Crippen molar-refractivity contribution in [1.29, 1.82) is 5.26 Å². The van der Waals surface area contributed by atoms with E-state index in [0.717, 1.165) is 6.08 Å². The zero-order valence-corrected chi connectivity index (χ0v) is 8.48. The van der Waals surface area contributed by atoms with Gasteiger partial charge in [-0.15, -0.1) is 0 Å². The summed E-state index contributed by atoms with van der Waals surface area (Å²) in [7, 11) is 1.34. The smallest absolute Gasteiger partial charge is 0.228 e. The molecule has 0 saturated heterocycles. The van der Waals surface area contributed by atoms with E-state index in [2.05, 4.69) is 0 Å². The number of ketones is 2. The summed E-state index contributed by atoms with van der Waals surface area (Å²) in [6.45, 7) is 0. The van der Waals surface area contributed by atoms with Crippen molar-refractivity contribution in [2.45, 2.75) is 0 Å². The Balaban J connectivity index is 2.62. The maximum absolute atomic E-state index is 11.8. The molecule has 0 atom stereocenters. The van der Waals surface area contributed by atoms with Gasteiger partial charge in [0.15, 0.2) is 11.5 Å². The number of nitriles is 1. The average molecular weight is 213 g/mol. The summed E-state index contributed by atoms with van der Waals surface area (Å²) in [4.78, 5) is 23.4. The van der Waals surface area contributed by atoms with E-state index in [0.29, 0.717) is 5.56 Å². The normalized spacial score (nSPS) is 13.9. The van der Waals surface area contributed by atoms with Gasteiger partial charge in [0, 0.05) is 17.2 Å². The van der Waals surface area contributed by atoms with Crippen LogP contribution in [0.3, 0.4) is 0 Å². The van der Waals surface area contributed by atoms with Crippen molar-refractivity contribution in [3.63, 3.8) is 0 Å². The van der Waals surface area contributed by atoms with Crippen LogP contribution in [-0.2, 0) is 4.74 Å². The van der Waals surface area contributed by atoms with Crippen molar-refractivity contribution in [2.24, 2.45) is 0 Å². The molecule has 0 unspecified atom stereocenters. The highest BCUT2D eigenvalue weighted by Crippen LogP contribution is 2.22. The lowest BCUT2D eigenvalue weighted by Crippen LogP contribution is -2.18. The summed E-state index contributed by atoms with van der Waals surface area (Å²) >= 11 is 0. The van der Waals surface area contributed by atoms with Crippen LogP contribution < -0.4 is 0 Å². The van der Waals surface area contributed by atoms with Gasteiger partial charge in [-0.25, -0.2) is 0 Å². The summed E-state index contributed by atoms with van der Waals surface area (Å²) in [6.07, 6.45) is 1.14. The number of allylic oxidation sites excluding steroid dienone is 2. The molecule has 1 aromatic carbocycles. The summed E-state index contributed by atoms with van der Waals surface area (Å²) in [5.41, 5.74) is 0.891. The van der Waals surface area contributed by atoms with Crippen LogP contribution in [0.5, 0.6) is 0 Å². The van der Waals surface area contributed by atoms with E-state index >= 15 is 0 Å². The molecular formula is C12H7NO3. The van der Waals surface area contributed by atoms with Gasteiger partial charge in [-0.1, -0.05) is 0 Å². The fraction of sp³-hybridized carbons (Fsp3) is 0.0833. The summed E-state index contributed by atoms with van der Waals surface area (Å²) in [5, 5.41) is 8.70. The Kier molecular flexibility index (Phi) is 2.29. The molecule has 2 rings (SSSR count). The fourth-order valence-corrected chi connectivity index (χ4v) is 1.56. The van der Waals surface area contributed by atoms with Gasteiger partial charge in [0.2, 0.25) is 5.78 Å². The van der Waals surface area contributed by atoms with E-state index in [4.69, 9.17) is 10.00 Å². The molecule has 0 fully saturated rings. The number of ether oxygens (including phenoxy) is 1. The predicted octanol–water partition coefficient (Wildman–Crippen LogP) is 1.47. The zero-order chi connectivity index (χ0) is 11.7. The van der Waals surface area contributed by atoms with E-state index < -0.39 is 0 Å². The third-order valence-electron chi connectivity index (χ3n) is 2.36. The van der Waals surface area contributed by atoms with Crippen molar-refractivity contribution in [3.05, 3.63) is 46.7 Å². The lowest BCUT2D eigenvalue weighted by Gasteiger charge is -2.13. The molecule has 0 bridgehead atoms. The van der Waals surface area contributed by atoms with E-state index in [1.165, 1.54) is 25.3 Å². The minimum absolute atomic E-state index is 0.0298. The molecule has 0 heterocycles. The molecule has 1 aliphatic carbocycles. The van der Waals surface area contributed by atoms with Crippen LogP contribution in [0.15, 0.2) is 30.0 Å². The number of hydrogen-bond acceptors (Lipinski definition) is 4. The number of Topliss-reactive ketones (excluding diaryl/α,β-unsaturated/α-hetero) is 1. The molecule has 0 aliphatic heterocycles. The highest BCUT2D eigenvalue weighted by molar-refractivity contribution is 6.23. The second-order valence-corrected chi connectivity index (χ2v) is 3.28. The van der Waals surface area contributed by atoms with E-state index in [1.807, 2.05) is 6.07 Å². The van der Waals surface area contributed by atoms with Crippen LogP contribution in [-0.4, -0.2) is 18.7 Å². The Labute approximate surface area is 91.8 Å². The van der Waals surface area contributed by atoms with Crippen LogP contribution in [0, 0.1) is 11.3 Å². The number of carbonyl (C=O) groups excluding carboxylic acids is 2. The molecular weight excluding hydrogens is 206 g/mol. The van der Waals surface area contributed by atoms with Crippen molar-refractivity contribution in [3.8, 4) is 6.07 Å². The first kappa shape index (κ1) is 10.1. The molecule has 0 amide bonds. The number of fused-ring (bicyclic) bond motifs is 1. The summed E-state index contributed by atoms with van der Waals surface area (Å²) in [6, 6.07) is 6.31. The quantitative estimate of drug-likeness (QED) is 0.708. The molecule has 4 nitrogen and oxygen atoms in total. The fourth-order valence-electron chi connectivity index (χ4n) is 1.56. The number of nitrogens with zero attached hydrogens (tertiary/aromatic N) is 1. The average Bonchev–Trinajstić information content (AvgIpc) is 2.33. The first-order chi connectivity index (χ1) is 7.67. The highest BCUT2D eigenvalue weighted by Gasteiger charge is 2.26. The van der Waals surface area contributed by atoms with Gasteiger partial charge in [-0.2, -0.15) is 5.26 Å².